The molecule has 2 aromatic carbocycles. The van der Waals surface area contributed by atoms with Crippen LogP contribution in [0, 0.1) is 0 Å². The second-order valence-corrected chi connectivity index (χ2v) is 8.12. The molecule has 0 aliphatic rings. The summed E-state index contributed by atoms with van der Waals surface area (Å²) >= 11 is 12.1. The number of benzene rings is 2. The zero-order valence-corrected chi connectivity index (χ0v) is 19.7. The maximum Gasteiger partial charge on any atom is 0.326 e. The lowest BCUT2D eigenvalue weighted by atomic mass is 10.0. The predicted molar refractivity (Wildman–Crippen MR) is 127 cm³/mol. The van der Waals surface area contributed by atoms with Crippen molar-refractivity contribution in [1.29, 1.82) is 0 Å². The zero-order chi connectivity index (χ0) is 25.7. The van der Waals surface area contributed by atoms with Crippen molar-refractivity contribution in [1.82, 2.24) is 15.1 Å². The van der Waals surface area contributed by atoms with E-state index < -0.39 is 36.0 Å². The summed E-state index contributed by atoms with van der Waals surface area (Å²) in [5, 5.41) is 25.0. The highest BCUT2D eigenvalue weighted by atomic mass is 35.5. The molecular weight excluding hydrogens is 501 g/mol. The summed E-state index contributed by atoms with van der Waals surface area (Å²) in [6, 6.07) is 9.50. The van der Waals surface area contributed by atoms with Gasteiger partial charge in [-0.15, -0.1) is 0 Å². The first-order valence-corrected chi connectivity index (χ1v) is 10.8. The van der Waals surface area contributed by atoms with Crippen LogP contribution in [-0.4, -0.2) is 51.0 Å². The topological polar surface area (TPSA) is 148 Å². The molecule has 0 bridgehead atoms. The number of methoxy groups -OCH3 is 1. The summed E-state index contributed by atoms with van der Waals surface area (Å²) in [5.41, 5.74) is 0.375. The number of aliphatic carboxylic acids is 2. The Labute approximate surface area is 208 Å². The fourth-order valence-corrected chi connectivity index (χ4v) is 3.89. The van der Waals surface area contributed by atoms with Crippen LogP contribution >= 0.6 is 23.2 Å². The SMILES string of the molecule is COc1cnn(CC(=O)O)c(=O)c1-c1ccc(C[C@H](NC(=O)c2c(Cl)cccc2Cl)C(=O)O)cc1. The number of hydrogen-bond donors (Lipinski definition) is 3. The van der Waals surface area contributed by atoms with E-state index >= 15 is 0 Å². The van der Waals surface area contributed by atoms with Crippen molar-refractivity contribution < 1.29 is 29.3 Å². The molecule has 35 heavy (non-hydrogen) atoms. The van der Waals surface area contributed by atoms with E-state index in [4.69, 9.17) is 33.0 Å². The number of rotatable bonds is 9. The van der Waals surface area contributed by atoms with Crippen molar-refractivity contribution in [2.45, 2.75) is 19.0 Å². The molecule has 0 unspecified atom stereocenters. The van der Waals surface area contributed by atoms with Gasteiger partial charge in [0.1, 0.15) is 12.6 Å². The highest BCUT2D eigenvalue weighted by Gasteiger charge is 2.24. The number of carboxylic acids is 2. The van der Waals surface area contributed by atoms with Crippen LogP contribution in [0.4, 0.5) is 0 Å². The van der Waals surface area contributed by atoms with Gasteiger partial charge in [0.2, 0.25) is 0 Å². The van der Waals surface area contributed by atoms with Gasteiger partial charge < -0.3 is 20.3 Å². The van der Waals surface area contributed by atoms with Crippen LogP contribution in [0.15, 0.2) is 53.5 Å². The van der Waals surface area contributed by atoms with Gasteiger partial charge in [-0.25, -0.2) is 9.48 Å². The third kappa shape index (κ3) is 5.97. The average Bonchev–Trinajstić information content (AvgIpc) is 2.80. The normalized spacial score (nSPS) is 11.5. The molecule has 0 fully saturated rings. The van der Waals surface area contributed by atoms with E-state index in [2.05, 4.69) is 10.4 Å². The molecule has 1 aromatic heterocycles. The number of hydrogen-bond acceptors (Lipinski definition) is 6. The number of nitrogens with one attached hydrogen (secondary N) is 1. The van der Waals surface area contributed by atoms with Crippen LogP contribution in [0.2, 0.25) is 10.0 Å². The van der Waals surface area contributed by atoms with Gasteiger partial charge in [-0.1, -0.05) is 53.5 Å². The first kappa shape index (κ1) is 25.7. The van der Waals surface area contributed by atoms with Gasteiger partial charge in [0.15, 0.2) is 5.75 Å². The number of nitrogens with zero attached hydrogens (tertiary/aromatic N) is 2. The van der Waals surface area contributed by atoms with Crippen LogP contribution < -0.4 is 15.6 Å². The Morgan fingerprint density at radius 3 is 2.26 bits per heavy atom. The Kier molecular flexibility index (Phi) is 8.10. The molecule has 3 N–H and O–H groups in total. The van der Waals surface area contributed by atoms with Crippen molar-refractivity contribution in [3.63, 3.8) is 0 Å². The third-order valence-corrected chi connectivity index (χ3v) is 5.62. The molecule has 1 amide bonds. The molecule has 10 nitrogen and oxygen atoms in total. The number of carbonyl (C=O) groups excluding carboxylic acids is 1. The summed E-state index contributed by atoms with van der Waals surface area (Å²) in [7, 11) is 1.35. The molecule has 0 saturated carbocycles. The average molecular weight is 520 g/mol. The summed E-state index contributed by atoms with van der Waals surface area (Å²) in [6.45, 7) is -0.622. The number of aromatic nitrogens is 2. The van der Waals surface area contributed by atoms with E-state index in [1.807, 2.05) is 0 Å². The highest BCUT2D eigenvalue weighted by molar-refractivity contribution is 6.39. The van der Waals surface area contributed by atoms with Crippen LogP contribution in [0.3, 0.4) is 0 Å². The van der Waals surface area contributed by atoms with Gasteiger partial charge in [-0.2, -0.15) is 5.10 Å². The van der Waals surface area contributed by atoms with Gasteiger partial charge in [-0.05, 0) is 23.3 Å². The predicted octanol–water partition coefficient (Wildman–Crippen LogP) is 2.74. The largest absolute Gasteiger partial charge is 0.494 e. The van der Waals surface area contributed by atoms with Crippen LogP contribution in [0.5, 0.6) is 5.75 Å². The Bertz CT molecular complexity index is 1320. The van der Waals surface area contributed by atoms with Crippen molar-refractivity contribution in [3.8, 4) is 16.9 Å². The molecule has 182 valence electrons. The van der Waals surface area contributed by atoms with Gasteiger partial charge >= 0.3 is 11.9 Å². The number of carboxylic acid groups (broad SMARTS) is 2. The van der Waals surface area contributed by atoms with E-state index in [-0.39, 0.29) is 33.3 Å². The monoisotopic (exact) mass is 519 g/mol. The maximum absolute atomic E-state index is 12.8. The smallest absolute Gasteiger partial charge is 0.326 e. The lowest BCUT2D eigenvalue weighted by molar-refractivity contribution is -0.139. The van der Waals surface area contributed by atoms with E-state index in [9.17, 15) is 24.3 Å². The zero-order valence-electron chi connectivity index (χ0n) is 18.2. The van der Waals surface area contributed by atoms with Crippen molar-refractivity contribution in [2.24, 2.45) is 0 Å². The Morgan fingerprint density at radius 1 is 1.09 bits per heavy atom. The minimum atomic E-state index is -1.29. The van der Waals surface area contributed by atoms with Crippen molar-refractivity contribution in [3.05, 3.63) is 80.2 Å². The molecule has 3 rings (SSSR count). The molecule has 1 heterocycles. The third-order valence-electron chi connectivity index (χ3n) is 4.99. The standard InChI is InChI=1S/C23H19Cl2N3O7/c1-35-17-10-26-28(11-18(29)30)22(32)19(17)13-7-5-12(6-8-13)9-16(23(33)34)27-21(31)20-14(24)3-2-4-15(20)25/h2-8,10,16H,9,11H2,1H3,(H,27,31)(H,29,30)(H,33,34)/t16-/m0/s1. The summed E-state index contributed by atoms with van der Waals surface area (Å²) in [4.78, 5) is 48.2. The molecule has 0 aliphatic heterocycles. The first-order valence-electron chi connectivity index (χ1n) is 10.0. The molecular formula is C23H19Cl2N3O7. The molecule has 1 atom stereocenters. The fourth-order valence-electron chi connectivity index (χ4n) is 3.32. The van der Waals surface area contributed by atoms with Gasteiger partial charge in [0.05, 0.1) is 34.5 Å². The molecule has 12 heteroatoms. The summed E-state index contributed by atoms with van der Waals surface area (Å²) in [6.07, 6.45) is 1.17. The summed E-state index contributed by atoms with van der Waals surface area (Å²) < 4.78 is 6.00. The second-order valence-electron chi connectivity index (χ2n) is 7.31. The Hall–Kier alpha value is -3.89. The van der Waals surface area contributed by atoms with E-state index in [0.29, 0.717) is 11.1 Å². The molecule has 0 spiro atoms. The lowest BCUT2D eigenvalue weighted by Crippen LogP contribution is -2.42. The minimum absolute atomic E-state index is 0.0279. The van der Waals surface area contributed by atoms with Crippen molar-refractivity contribution in [2.75, 3.05) is 7.11 Å². The Morgan fingerprint density at radius 2 is 1.71 bits per heavy atom. The highest BCUT2D eigenvalue weighted by Crippen LogP contribution is 2.27. The number of halogens is 2. The number of ether oxygens (including phenoxy) is 1. The van der Waals surface area contributed by atoms with Crippen LogP contribution in [0.1, 0.15) is 15.9 Å². The number of carbonyl (C=O) groups is 3. The van der Waals surface area contributed by atoms with Gasteiger partial charge in [-0.3, -0.25) is 14.4 Å². The summed E-state index contributed by atoms with van der Waals surface area (Å²) in [5.74, 6) is -3.08. The fraction of sp³-hybridized carbons (Fsp3) is 0.174. The quantitative estimate of drug-likeness (QED) is 0.390. The molecule has 0 saturated heterocycles. The first-order chi connectivity index (χ1) is 16.6. The van der Waals surface area contributed by atoms with Crippen LogP contribution in [-0.2, 0) is 22.6 Å². The van der Waals surface area contributed by atoms with Gasteiger partial charge in [0, 0.05) is 6.42 Å². The lowest BCUT2D eigenvalue weighted by Gasteiger charge is -2.16. The van der Waals surface area contributed by atoms with Crippen molar-refractivity contribution >= 4 is 41.0 Å². The van der Waals surface area contributed by atoms with E-state index in [1.54, 1.807) is 30.3 Å². The number of amides is 1. The van der Waals surface area contributed by atoms with Gasteiger partial charge in [0.25, 0.3) is 11.5 Å². The molecule has 0 aliphatic carbocycles. The Balaban J connectivity index is 1.85. The minimum Gasteiger partial charge on any atom is -0.494 e. The van der Waals surface area contributed by atoms with Crippen LogP contribution in [0.25, 0.3) is 11.1 Å². The maximum atomic E-state index is 12.8. The molecule has 0 radical (unpaired) electrons. The van der Waals surface area contributed by atoms with E-state index in [0.717, 1.165) is 4.68 Å². The molecule has 3 aromatic rings. The van der Waals surface area contributed by atoms with E-state index in [1.165, 1.54) is 25.4 Å². The second kappa shape index (κ2) is 11.0.